The minimum atomic E-state index is -0.0975. The number of amides is 1. The number of anilines is 1. The van der Waals surface area contributed by atoms with E-state index in [2.05, 4.69) is 27.1 Å². The van der Waals surface area contributed by atoms with E-state index in [1.165, 1.54) is 0 Å². The largest absolute Gasteiger partial charge is 0.357 e. The minimum Gasteiger partial charge on any atom is -0.357 e. The van der Waals surface area contributed by atoms with Gasteiger partial charge in [0, 0.05) is 26.6 Å². The molecule has 0 aromatic heterocycles. The lowest BCUT2D eigenvalue weighted by atomic mass is 10.2. The highest BCUT2D eigenvalue weighted by atomic mass is 127. The van der Waals surface area contributed by atoms with Gasteiger partial charge in [-0.25, -0.2) is 0 Å². The normalized spacial score (nSPS) is 10.7. The molecule has 0 saturated carbocycles. The molecule has 1 aromatic rings. The highest BCUT2D eigenvalue weighted by Crippen LogP contribution is 2.22. The number of hydrogen-bond donors (Lipinski definition) is 2. The summed E-state index contributed by atoms with van der Waals surface area (Å²) in [4.78, 5) is 18.7. The number of unbranched alkanes of at least 4 members (excludes halogenated alkanes) is 1. The predicted octanol–water partition coefficient (Wildman–Crippen LogP) is 4.46. The molecule has 0 aliphatic carbocycles. The fourth-order valence-corrected chi connectivity index (χ4v) is 2.53. The summed E-state index contributed by atoms with van der Waals surface area (Å²) < 4.78 is 0. The van der Waals surface area contributed by atoms with Crippen molar-refractivity contribution in [3.8, 4) is 0 Å². The average molecular weight is 493 g/mol. The van der Waals surface area contributed by atoms with Crippen LogP contribution in [-0.4, -0.2) is 43.4 Å². The quantitative estimate of drug-likeness (QED) is 0.176. The topological polar surface area (TPSA) is 56.7 Å². The van der Waals surface area contributed by atoms with Crippen LogP contribution in [-0.2, 0) is 4.79 Å². The van der Waals surface area contributed by atoms with Crippen molar-refractivity contribution in [3.63, 3.8) is 0 Å². The molecule has 1 aromatic carbocycles. The lowest BCUT2D eigenvalue weighted by molar-refractivity contribution is -0.116. The SMILES string of the molecule is C=CCCCN(C)C(=NCCC(=O)Nc1ccc(C)cc1Cl)NCC.I. The molecule has 0 saturated heterocycles. The van der Waals surface area contributed by atoms with Gasteiger partial charge in [0.05, 0.1) is 17.3 Å². The van der Waals surface area contributed by atoms with Crippen LogP contribution >= 0.6 is 35.6 Å². The van der Waals surface area contributed by atoms with E-state index in [-0.39, 0.29) is 29.9 Å². The van der Waals surface area contributed by atoms with Crippen LogP contribution in [0, 0.1) is 6.92 Å². The van der Waals surface area contributed by atoms with Crippen LogP contribution in [0.4, 0.5) is 5.69 Å². The number of aryl methyl sites for hydroxylation is 1. The maximum Gasteiger partial charge on any atom is 0.226 e. The molecule has 2 N–H and O–H groups in total. The van der Waals surface area contributed by atoms with E-state index < -0.39 is 0 Å². The lowest BCUT2D eigenvalue weighted by Crippen LogP contribution is -2.39. The molecule has 26 heavy (non-hydrogen) atoms. The Morgan fingerprint density at radius 3 is 2.77 bits per heavy atom. The molecular weight excluding hydrogens is 463 g/mol. The van der Waals surface area contributed by atoms with Gasteiger partial charge in [0.2, 0.25) is 5.91 Å². The first kappa shape index (κ1) is 24.7. The third-order valence-electron chi connectivity index (χ3n) is 3.60. The van der Waals surface area contributed by atoms with Gasteiger partial charge in [-0.3, -0.25) is 9.79 Å². The molecule has 0 fully saturated rings. The summed E-state index contributed by atoms with van der Waals surface area (Å²) in [6.45, 7) is 9.82. The summed E-state index contributed by atoms with van der Waals surface area (Å²) in [5.41, 5.74) is 1.69. The number of benzene rings is 1. The van der Waals surface area contributed by atoms with Gasteiger partial charge in [0.1, 0.15) is 0 Å². The molecule has 0 atom stereocenters. The predicted molar refractivity (Wildman–Crippen MR) is 123 cm³/mol. The molecule has 0 unspecified atom stereocenters. The lowest BCUT2D eigenvalue weighted by Gasteiger charge is -2.21. The molecule has 1 amide bonds. The first-order valence-electron chi connectivity index (χ1n) is 8.64. The molecule has 0 spiro atoms. The van der Waals surface area contributed by atoms with Crippen LogP contribution in [0.15, 0.2) is 35.8 Å². The van der Waals surface area contributed by atoms with Crippen molar-refractivity contribution < 1.29 is 4.79 Å². The van der Waals surface area contributed by atoms with Crippen molar-refractivity contribution in [1.82, 2.24) is 10.2 Å². The van der Waals surface area contributed by atoms with Crippen LogP contribution in [0.25, 0.3) is 0 Å². The van der Waals surface area contributed by atoms with Crippen LogP contribution in [0.3, 0.4) is 0 Å². The Morgan fingerprint density at radius 1 is 1.42 bits per heavy atom. The number of carbonyl (C=O) groups excluding carboxylic acids is 1. The monoisotopic (exact) mass is 492 g/mol. The number of halogens is 2. The molecule has 0 aliphatic rings. The zero-order valence-electron chi connectivity index (χ0n) is 15.8. The smallest absolute Gasteiger partial charge is 0.226 e. The molecule has 5 nitrogen and oxygen atoms in total. The number of guanidine groups is 1. The molecule has 146 valence electrons. The van der Waals surface area contributed by atoms with Crippen molar-refractivity contribution in [2.45, 2.75) is 33.1 Å². The molecule has 0 radical (unpaired) electrons. The zero-order chi connectivity index (χ0) is 18.7. The van der Waals surface area contributed by atoms with Crippen molar-refractivity contribution in [2.24, 2.45) is 4.99 Å². The van der Waals surface area contributed by atoms with Gasteiger partial charge >= 0.3 is 0 Å². The standard InChI is InChI=1S/C19H29ClN4O.HI/c1-5-7-8-13-24(4)19(21-6-2)22-12-11-18(25)23-17-10-9-15(3)14-16(17)20;/h5,9-10,14H,1,6-8,11-13H2,2-4H3,(H,21,22)(H,23,25);1H. The Bertz CT molecular complexity index is 607. The van der Waals surface area contributed by atoms with Crippen LogP contribution in [0.1, 0.15) is 31.7 Å². The zero-order valence-corrected chi connectivity index (χ0v) is 18.9. The Hall–Kier alpha value is -1.28. The molecule has 7 heteroatoms. The van der Waals surface area contributed by atoms with E-state index in [0.717, 1.165) is 37.5 Å². The van der Waals surface area contributed by atoms with E-state index >= 15 is 0 Å². The van der Waals surface area contributed by atoms with Gasteiger partial charge in [0.25, 0.3) is 0 Å². The van der Waals surface area contributed by atoms with Gasteiger partial charge < -0.3 is 15.5 Å². The second kappa shape index (κ2) is 13.9. The third kappa shape index (κ3) is 9.43. The highest BCUT2D eigenvalue weighted by molar-refractivity contribution is 14.0. The highest BCUT2D eigenvalue weighted by Gasteiger charge is 2.08. The van der Waals surface area contributed by atoms with Crippen molar-refractivity contribution >= 4 is 53.1 Å². The third-order valence-corrected chi connectivity index (χ3v) is 3.91. The first-order valence-corrected chi connectivity index (χ1v) is 9.02. The van der Waals surface area contributed by atoms with Crippen molar-refractivity contribution in [2.75, 3.05) is 32.0 Å². The number of aliphatic imine (C=N–C) groups is 1. The van der Waals surface area contributed by atoms with Crippen LogP contribution < -0.4 is 10.6 Å². The van der Waals surface area contributed by atoms with E-state index in [4.69, 9.17) is 11.6 Å². The molecule has 0 bridgehead atoms. The van der Waals surface area contributed by atoms with E-state index in [1.807, 2.05) is 45.2 Å². The second-order valence-electron chi connectivity index (χ2n) is 5.87. The Labute approximate surface area is 179 Å². The summed E-state index contributed by atoms with van der Waals surface area (Å²) in [5, 5.41) is 6.62. The minimum absolute atomic E-state index is 0. The Morgan fingerprint density at radius 2 is 2.15 bits per heavy atom. The van der Waals surface area contributed by atoms with Gasteiger partial charge in [0.15, 0.2) is 5.96 Å². The van der Waals surface area contributed by atoms with E-state index in [9.17, 15) is 4.79 Å². The maximum atomic E-state index is 12.1. The van der Waals surface area contributed by atoms with Gasteiger partial charge in [-0.2, -0.15) is 0 Å². The number of nitrogens with one attached hydrogen (secondary N) is 2. The molecular formula is C19H30ClIN4O. The van der Waals surface area contributed by atoms with Gasteiger partial charge in [-0.05, 0) is 44.4 Å². The summed E-state index contributed by atoms with van der Waals surface area (Å²) in [5.74, 6) is 0.715. The first-order chi connectivity index (χ1) is 12.0. The number of hydrogen-bond acceptors (Lipinski definition) is 2. The number of carbonyl (C=O) groups is 1. The summed E-state index contributed by atoms with van der Waals surface area (Å²) in [6.07, 6.45) is 4.22. The molecule has 0 aliphatic heterocycles. The fraction of sp³-hybridized carbons (Fsp3) is 0.474. The Balaban J connectivity index is 0.00000625. The summed E-state index contributed by atoms with van der Waals surface area (Å²) in [6, 6.07) is 5.56. The van der Waals surface area contributed by atoms with Gasteiger partial charge in [-0.15, -0.1) is 30.6 Å². The van der Waals surface area contributed by atoms with Crippen LogP contribution in [0.2, 0.25) is 5.02 Å². The molecule has 1 rings (SSSR count). The summed E-state index contributed by atoms with van der Waals surface area (Å²) in [7, 11) is 2.00. The van der Waals surface area contributed by atoms with Crippen LogP contribution in [0.5, 0.6) is 0 Å². The van der Waals surface area contributed by atoms with E-state index in [1.54, 1.807) is 0 Å². The number of rotatable bonds is 9. The van der Waals surface area contributed by atoms with Gasteiger partial charge in [-0.1, -0.05) is 23.7 Å². The number of nitrogens with zero attached hydrogens (tertiary/aromatic N) is 2. The maximum absolute atomic E-state index is 12.1. The average Bonchev–Trinajstić information content (AvgIpc) is 2.57. The molecule has 0 heterocycles. The fourth-order valence-electron chi connectivity index (χ4n) is 2.25. The number of allylic oxidation sites excluding steroid dienone is 1. The van der Waals surface area contributed by atoms with Crippen molar-refractivity contribution in [1.29, 1.82) is 0 Å². The second-order valence-corrected chi connectivity index (χ2v) is 6.28. The summed E-state index contributed by atoms with van der Waals surface area (Å²) >= 11 is 6.14. The van der Waals surface area contributed by atoms with Crippen molar-refractivity contribution in [3.05, 3.63) is 41.4 Å². The Kier molecular flexibility index (Phi) is 13.2. The van der Waals surface area contributed by atoms with E-state index in [0.29, 0.717) is 23.7 Å².